The van der Waals surface area contributed by atoms with Gasteiger partial charge in [-0.2, -0.15) is 4.98 Å². The molecule has 1 unspecified atom stereocenters. The van der Waals surface area contributed by atoms with Crippen LogP contribution in [0.4, 0.5) is 0 Å². The van der Waals surface area contributed by atoms with E-state index in [1.54, 1.807) is 12.1 Å². The molecule has 0 radical (unpaired) electrons. The van der Waals surface area contributed by atoms with Gasteiger partial charge in [0.1, 0.15) is 0 Å². The van der Waals surface area contributed by atoms with Crippen LogP contribution in [0.1, 0.15) is 12.8 Å². The molecule has 1 aromatic carbocycles. The fourth-order valence-electron chi connectivity index (χ4n) is 2.49. The van der Waals surface area contributed by atoms with E-state index in [1.165, 1.54) is 0 Å². The monoisotopic (exact) mass is 477 g/mol. The van der Waals surface area contributed by atoms with Gasteiger partial charge in [-0.1, -0.05) is 28.9 Å². The van der Waals surface area contributed by atoms with Crippen LogP contribution in [0.25, 0.3) is 11.4 Å². The van der Waals surface area contributed by atoms with Crippen LogP contribution in [-0.4, -0.2) is 53.3 Å². The molecule has 2 heterocycles. The molecule has 25 heavy (non-hydrogen) atoms. The number of aromatic nitrogens is 2. The molecular weight excluding hydrogens is 457 g/mol. The summed E-state index contributed by atoms with van der Waals surface area (Å²) >= 11 is 5.97. The zero-order valence-corrected chi connectivity index (χ0v) is 17.0. The lowest BCUT2D eigenvalue weighted by atomic mass is 10.2. The van der Waals surface area contributed by atoms with E-state index in [-0.39, 0.29) is 30.1 Å². The molecule has 136 valence electrons. The Morgan fingerprint density at radius 2 is 2.32 bits per heavy atom. The summed E-state index contributed by atoms with van der Waals surface area (Å²) < 4.78 is 10.7. The zero-order valence-electron chi connectivity index (χ0n) is 13.9. The molecule has 1 fully saturated rings. The van der Waals surface area contributed by atoms with E-state index in [0.717, 1.165) is 18.7 Å². The summed E-state index contributed by atoms with van der Waals surface area (Å²) in [5.74, 6) is 1.57. The van der Waals surface area contributed by atoms with Crippen molar-refractivity contribution < 1.29 is 9.26 Å². The van der Waals surface area contributed by atoms with Gasteiger partial charge in [-0.25, -0.2) is 0 Å². The Balaban J connectivity index is 0.00000225. The lowest BCUT2D eigenvalue weighted by molar-refractivity contribution is 0.00530. The predicted octanol–water partition coefficient (Wildman–Crippen LogP) is 2.59. The average Bonchev–Trinajstić information content (AvgIpc) is 3.04. The fraction of sp³-hybridized carbons (Fsp3) is 0.438. The number of aliphatic imine (C=N–C) groups is 1. The number of guanidine groups is 1. The second-order valence-corrected chi connectivity index (χ2v) is 6.08. The molecule has 1 aliphatic heterocycles. The number of nitrogens with two attached hydrogens (primary N) is 1. The van der Waals surface area contributed by atoms with Crippen LogP contribution in [-0.2, 0) is 11.2 Å². The molecule has 7 nitrogen and oxygen atoms in total. The van der Waals surface area contributed by atoms with E-state index in [1.807, 2.05) is 24.0 Å². The van der Waals surface area contributed by atoms with Gasteiger partial charge in [0.05, 0.1) is 19.3 Å². The maximum Gasteiger partial charge on any atom is 0.228 e. The topological polar surface area (TPSA) is 89.8 Å². The average molecular weight is 478 g/mol. The third-order valence-electron chi connectivity index (χ3n) is 3.72. The molecule has 9 heteroatoms. The standard InChI is InChI=1S/C16H20ClN5O2.HI/c1-11-10-22(7-8-23-11)16(18)19-6-5-14-20-15(21-24-14)12-3-2-4-13(17)9-12;/h2-4,9,11H,5-8,10H2,1H3,(H2,18,19);1H. The molecular formula is C16H21ClIN5O2. The van der Waals surface area contributed by atoms with Gasteiger partial charge in [0.15, 0.2) is 5.96 Å². The second kappa shape index (κ2) is 9.35. The highest BCUT2D eigenvalue weighted by Gasteiger charge is 2.18. The highest BCUT2D eigenvalue weighted by Crippen LogP contribution is 2.20. The van der Waals surface area contributed by atoms with E-state index in [4.69, 9.17) is 26.6 Å². The Kier molecular flexibility index (Phi) is 7.45. The van der Waals surface area contributed by atoms with E-state index in [2.05, 4.69) is 15.1 Å². The van der Waals surface area contributed by atoms with E-state index in [0.29, 0.717) is 42.3 Å². The highest BCUT2D eigenvalue weighted by atomic mass is 127. The molecule has 0 saturated carbocycles. The lowest BCUT2D eigenvalue weighted by Gasteiger charge is -2.31. The molecule has 1 saturated heterocycles. The van der Waals surface area contributed by atoms with Crippen LogP contribution in [0.15, 0.2) is 33.8 Å². The Hall–Kier alpha value is -1.39. The summed E-state index contributed by atoms with van der Waals surface area (Å²) in [5, 5.41) is 4.61. The third-order valence-corrected chi connectivity index (χ3v) is 3.95. The molecule has 2 aromatic rings. The first-order chi connectivity index (χ1) is 11.6. The van der Waals surface area contributed by atoms with Crippen LogP contribution < -0.4 is 5.73 Å². The number of rotatable bonds is 4. The van der Waals surface area contributed by atoms with Crippen molar-refractivity contribution in [1.29, 1.82) is 0 Å². The first kappa shape index (κ1) is 19.9. The van der Waals surface area contributed by atoms with Gasteiger partial charge in [0, 0.05) is 30.1 Å². The smallest absolute Gasteiger partial charge is 0.228 e. The van der Waals surface area contributed by atoms with Crippen molar-refractivity contribution in [2.75, 3.05) is 26.2 Å². The Morgan fingerprint density at radius 3 is 3.08 bits per heavy atom. The van der Waals surface area contributed by atoms with E-state index >= 15 is 0 Å². The van der Waals surface area contributed by atoms with Crippen LogP contribution >= 0.6 is 35.6 Å². The number of ether oxygens (including phenoxy) is 1. The molecule has 1 atom stereocenters. The number of hydrogen-bond donors (Lipinski definition) is 1. The van der Waals surface area contributed by atoms with Gasteiger partial charge in [0.2, 0.25) is 11.7 Å². The van der Waals surface area contributed by atoms with Crippen LogP contribution in [0, 0.1) is 0 Å². The maximum absolute atomic E-state index is 6.03. The minimum absolute atomic E-state index is 0. The van der Waals surface area contributed by atoms with E-state index in [9.17, 15) is 0 Å². The van der Waals surface area contributed by atoms with Crippen molar-refractivity contribution >= 4 is 41.5 Å². The molecule has 1 aromatic heterocycles. The molecule has 0 bridgehead atoms. The molecule has 3 rings (SSSR count). The highest BCUT2D eigenvalue weighted by molar-refractivity contribution is 14.0. The first-order valence-electron chi connectivity index (χ1n) is 7.87. The SMILES string of the molecule is CC1CN(C(N)=NCCc2nc(-c3cccc(Cl)c3)no2)CCO1.I. The fourth-order valence-corrected chi connectivity index (χ4v) is 2.68. The summed E-state index contributed by atoms with van der Waals surface area (Å²) in [6.45, 7) is 4.71. The second-order valence-electron chi connectivity index (χ2n) is 5.64. The summed E-state index contributed by atoms with van der Waals surface area (Å²) in [6, 6.07) is 7.33. The number of benzene rings is 1. The van der Waals surface area contributed by atoms with Crippen molar-refractivity contribution in [3.63, 3.8) is 0 Å². The van der Waals surface area contributed by atoms with Crippen LogP contribution in [0.3, 0.4) is 0 Å². The molecule has 1 aliphatic rings. The van der Waals surface area contributed by atoms with Crippen molar-refractivity contribution in [3.05, 3.63) is 35.2 Å². The summed E-state index contributed by atoms with van der Waals surface area (Å²) in [7, 11) is 0. The van der Waals surface area contributed by atoms with Crippen LogP contribution in [0.2, 0.25) is 5.02 Å². The molecule has 2 N–H and O–H groups in total. The quantitative estimate of drug-likeness (QED) is 0.414. The van der Waals surface area contributed by atoms with Gasteiger partial charge in [0.25, 0.3) is 0 Å². The minimum atomic E-state index is 0. The minimum Gasteiger partial charge on any atom is -0.375 e. The predicted molar refractivity (Wildman–Crippen MR) is 107 cm³/mol. The number of morpholine rings is 1. The number of halogens is 2. The van der Waals surface area contributed by atoms with Gasteiger partial charge >= 0.3 is 0 Å². The number of hydrogen-bond acceptors (Lipinski definition) is 5. The van der Waals surface area contributed by atoms with Crippen molar-refractivity contribution in [3.8, 4) is 11.4 Å². The zero-order chi connectivity index (χ0) is 16.9. The lowest BCUT2D eigenvalue weighted by Crippen LogP contribution is -2.47. The first-order valence-corrected chi connectivity index (χ1v) is 8.24. The number of nitrogens with zero attached hydrogens (tertiary/aromatic N) is 4. The summed E-state index contributed by atoms with van der Waals surface area (Å²) in [5.41, 5.74) is 6.85. The van der Waals surface area contributed by atoms with Crippen molar-refractivity contribution in [1.82, 2.24) is 15.0 Å². The summed E-state index contributed by atoms with van der Waals surface area (Å²) in [4.78, 5) is 10.8. The largest absolute Gasteiger partial charge is 0.375 e. The van der Waals surface area contributed by atoms with Crippen molar-refractivity contribution in [2.45, 2.75) is 19.4 Å². The Bertz CT molecular complexity index is 724. The molecule has 0 spiro atoms. The van der Waals surface area contributed by atoms with Gasteiger partial charge in [-0.3, -0.25) is 4.99 Å². The molecule has 0 aliphatic carbocycles. The van der Waals surface area contributed by atoms with E-state index < -0.39 is 0 Å². The summed E-state index contributed by atoms with van der Waals surface area (Å²) in [6.07, 6.45) is 0.706. The Morgan fingerprint density at radius 1 is 1.48 bits per heavy atom. The van der Waals surface area contributed by atoms with Gasteiger partial charge < -0.3 is 19.9 Å². The molecule has 0 amide bonds. The maximum atomic E-state index is 6.03. The van der Waals surface area contributed by atoms with Gasteiger partial charge in [-0.15, -0.1) is 24.0 Å². The third kappa shape index (κ3) is 5.55. The van der Waals surface area contributed by atoms with Crippen molar-refractivity contribution in [2.24, 2.45) is 10.7 Å². The van der Waals surface area contributed by atoms with Gasteiger partial charge in [-0.05, 0) is 19.1 Å². The normalized spacial score (nSPS) is 18.1. The van der Waals surface area contributed by atoms with Crippen LogP contribution in [0.5, 0.6) is 0 Å². The Labute approximate surface area is 168 Å².